The first kappa shape index (κ1) is 16.0. The standard InChI is InChI=1S/C16H18N2O3S/c1-12-8-4-5-9-13(12)16(19)17-14-10-6-7-11-15(14)18(2)22(3,20)21/h4-11H,1-3H3,(H,17,19). The maximum Gasteiger partial charge on any atom is 0.255 e. The molecule has 2 rings (SSSR count). The maximum atomic E-state index is 12.4. The molecule has 0 heterocycles. The first-order chi connectivity index (χ1) is 10.3. The zero-order valence-corrected chi connectivity index (χ0v) is 13.5. The topological polar surface area (TPSA) is 66.5 Å². The Morgan fingerprint density at radius 2 is 1.64 bits per heavy atom. The summed E-state index contributed by atoms with van der Waals surface area (Å²) in [7, 11) is -1.95. The number of aryl methyl sites for hydroxylation is 1. The van der Waals surface area contributed by atoms with E-state index in [2.05, 4.69) is 5.32 Å². The molecule has 1 amide bonds. The lowest BCUT2D eigenvalue weighted by atomic mass is 10.1. The first-order valence-electron chi connectivity index (χ1n) is 6.70. The van der Waals surface area contributed by atoms with Crippen molar-refractivity contribution < 1.29 is 13.2 Å². The SMILES string of the molecule is Cc1ccccc1C(=O)Nc1ccccc1N(C)S(C)(=O)=O. The Morgan fingerprint density at radius 1 is 1.05 bits per heavy atom. The van der Waals surface area contributed by atoms with Crippen molar-refractivity contribution in [1.29, 1.82) is 0 Å². The number of carbonyl (C=O) groups is 1. The van der Waals surface area contributed by atoms with Gasteiger partial charge in [0, 0.05) is 12.6 Å². The summed E-state index contributed by atoms with van der Waals surface area (Å²) in [5.74, 6) is -0.271. The molecule has 5 nitrogen and oxygen atoms in total. The molecule has 0 atom stereocenters. The minimum Gasteiger partial charge on any atom is -0.320 e. The molecule has 0 spiro atoms. The van der Waals surface area contributed by atoms with E-state index in [0.29, 0.717) is 16.9 Å². The summed E-state index contributed by atoms with van der Waals surface area (Å²) in [5.41, 5.74) is 2.28. The summed E-state index contributed by atoms with van der Waals surface area (Å²) < 4.78 is 24.6. The predicted molar refractivity (Wildman–Crippen MR) is 88.8 cm³/mol. The highest BCUT2D eigenvalue weighted by molar-refractivity contribution is 7.92. The number of rotatable bonds is 4. The Morgan fingerprint density at radius 3 is 2.27 bits per heavy atom. The van der Waals surface area contributed by atoms with Crippen molar-refractivity contribution >= 4 is 27.3 Å². The van der Waals surface area contributed by atoms with E-state index in [0.717, 1.165) is 16.1 Å². The number of hydrogen-bond donors (Lipinski definition) is 1. The van der Waals surface area contributed by atoms with Crippen molar-refractivity contribution in [1.82, 2.24) is 0 Å². The van der Waals surface area contributed by atoms with Gasteiger partial charge in [-0.15, -0.1) is 0 Å². The van der Waals surface area contributed by atoms with Gasteiger partial charge in [-0.25, -0.2) is 8.42 Å². The van der Waals surface area contributed by atoms with Crippen molar-refractivity contribution in [3.8, 4) is 0 Å². The molecule has 0 radical (unpaired) electrons. The molecule has 0 aliphatic heterocycles. The zero-order valence-electron chi connectivity index (χ0n) is 12.7. The molecule has 116 valence electrons. The fourth-order valence-electron chi connectivity index (χ4n) is 2.05. The number of nitrogens with zero attached hydrogens (tertiary/aromatic N) is 1. The number of amides is 1. The molecule has 0 aliphatic rings. The number of benzene rings is 2. The van der Waals surface area contributed by atoms with Crippen LogP contribution in [-0.4, -0.2) is 27.6 Å². The van der Waals surface area contributed by atoms with Crippen molar-refractivity contribution in [2.75, 3.05) is 22.9 Å². The highest BCUT2D eigenvalue weighted by atomic mass is 32.2. The highest BCUT2D eigenvalue weighted by Gasteiger charge is 2.17. The fourth-order valence-corrected chi connectivity index (χ4v) is 2.57. The number of anilines is 2. The van der Waals surface area contributed by atoms with Crippen LogP contribution >= 0.6 is 0 Å². The molecule has 0 bridgehead atoms. The smallest absolute Gasteiger partial charge is 0.255 e. The van der Waals surface area contributed by atoms with Gasteiger partial charge < -0.3 is 5.32 Å². The van der Waals surface area contributed by atoms with Gasteiger partial charge in [0.15, 0.2) is 0 Å². The Bertz CT molecular complexity index is 801. The lowest BCUT2D eigenvalue weighted by Crippen LogP contribution is -2.26. The molecule has 0 fully saturated rings. The maximum absolute atomic E-state index is 12.4. The van der Waals surface area contributed by atoms with Gasteiger partial charge >= 0.3 is 0 Å². The monoisotopic (exact) mass is 318 g/mol. The third-order valence-corrected chi connectivity index (χ3v) is 4.57. The molecular formula is C16H18N2O3S. The van der Waals surface area contributed by atoms with Crippen LogP contribution in [0.2, 0.25) is 0 Å². The van der Waals surface area contributed by atoms with Crippen LogP contribution in [0.15, 0.2) is 48.5 Å². The molecule has 2 aromatic rings. The number of sulfonamides is 1. The van der Waals surface area contributed by atoms with Gasteiger partial charge in [0.1, 0.15) is 0 Å². The molecule has 22 heavy (non-hydrogen) atoms. The minimum absolute atomic E-state index is 0.271. The molecule has 0 saturated carbocycles. The molecule has 2 aromatic carbocycles. The number of carbonyl (C=O) groups excluding carboxylic acids is 1. The molecule has 0 unspecified atom stereocenters. The quantitative estimate of drug-likeness (QED) is 0.942. The summed E-state index contributed by atoms with van der Waals surface area (Å²) >= 11 is 0. The van der Waals surface area contributed by atoms with E-state index in [-0.39, 0.29) is 5.91 Å². The lowest BCUT2D eigenvalue weighted by molar-refractivity contribution is 0.102. The van der Waals surface area contributed by atoms with E-state index in [9.17, 15) is 13.2 Å². The van der Waals surface area contributed by atoms with Crippen LogP contribution in [0.1, 0.15) is 15.9 Å². The Kier molecular flexibility index (Phi) is 4.51. The van der Waals surface area contributed by atoms with E-state index in [1.807, 2.05) is 19.1 Å². The van der Waals surface area contributed by atoms with Crippen LogP contribution in [0.5, 0.6) is 0 Å². The first-order valence-corrected chi connectivity index (χ1v) is 8.55. The second-order valence-electron chi connectivity index (χ2n) is 5.02. The average molecular weight is 318 g/mol. The van der Waals surface area contributed by atoms with E-state index < -0.39 is 10.0 Å². The molecule has 0 aliphatic carbocycles. The number of nitrogens with one attached hydrogen (secondary N) is 1. The molecule has 0 saturated heterocycles. The Hall–Kier alpha value is -2.34. The van der Waals surface area contributed by atoms with Crippen LogP contribution in [0, 0.1) is 6.92 Å². The van der Waals surface area contributed by atoms with Crippen LogP contribution in [-0.2, 0) is 10.0 Å². The lowest BCUT2D eigenvalue weighted by Gasteiger charge is -2.20. The normalized spacial score (nSPS) is 11.0. The van der Waals surface area contributed by atoms with Gasteiger partial charge in [-0.1, -0.05) is 30.3 Å². The third kappa shape index (κ3) is 3.46. The van der Waals surface area contributed by atoms with Gasteiger partial charge in [0.25, 0.3) is 5.91 Å². The Balaban J connectivity index is 2.35. The van der Waals surface area contributed by atoms with Crippen molar-refractivity contribution in [3.05, 3.63) is 59.7 Å². The van der Waals surface area contributed by atoms with E-state index in [4.69, 9.17) is 0 Å². The number of para-hydroxylation sites is 2. The molecule has 0 aromatic heterocycles. The van der Waals surface area contributed by atoms with Gasteiger partial charge in [0.05, 0.1) is 17.6 Å². The number of hydrogen-bond acceptors (Lipinski definition) is 3. The van der Waals surface area contributed by atoms with Gasteiger partial charge in [-0.05, 0) is 30.7 Å². The second kappa shape index (κ2) is 6.19. The second-order valence-corrected chi connectivity index (χ2v) is 7.03. The Labute approximate surface area is 130 Å². The summed E-state index contributed by atoms with van der Waals surface area (Å²) in [6.45, 7) is 1.85. The summed E-state index contributed by atoms with van der Waals surface area (Å²) in [5, 5.41) is 2.78. The van der Waals surface area contributed by atoms with Gasteiger partial charge in [-0.3, -0.25) is 9.10 Å². The highest BCUT2D eigenvalue weighted by Crippen LogP contribution is 2.27. The van der Waals surface area contributed by atoms with Crippen LogP contribution < -0.4 is 9.62 Å². The third-order valence-electron chi connectivity index (χ3n) is 3.38. The van der Waals surface area contributed by atoms with Crippen molar-refractivity contribution in [2.24, 2.45) is 0 Å². The van der Waals surface area contributed by atoms with E-state index >= 15 is 0 Å². The summed E-state index contributed by atoms with van der Waals surface area (Å²) in [6.07, 6.45) is 1.12. The molecule has 1 N–H and O–H groups in total. The average Bonchev–Trinajstić information content (AvgIpc) is 2.46. The minimum atomic E-state index is -3.40. The molecule has 6 heteroatoms. The van der Waals surface area contributed by atoms with Crippen LogP contribution in [0.4, 0.5) is 11.4 Å². The largest absolute Gasteiger partial charge is 0.320 e. The summed E-state index contributed by atoms with van der Waals surface area (Å²) in [4.78, 5) is 12.4. The van der Waals surface area contributed by atoms with Crippen LogP contribution in [0.3, 0.4) is 0 Å². The van der Waals surface area contributed by atoms with E-state index in [1.165, 1.54) is 7.05 Å². The van der Waals surface area contributed by atoms with Crippen LogP contribution in [0.25, 0.3) is 0 Å². The predicted octanol–water partition coefficient (Wildman–Crippen LogP) is 2.64. The molecular weight excluding hydrogens is 300 g/mol. The fraction of sp³-hybridized carbons (Fsp3) is 0.188. The van der Waals surface area contributed by atoms with Crippen molar-refractivity contribution in [3.63, 3.8) is 0 Å². The van der Waals surface area contributed by atoms with E-state index in [1.54, 1.807) is 36.4 Å². The zero-order chi connectivity index (χ0) is 16.3. The van der Waals surface area contributed by atoms with Gasteiger partial charge in [-0.2, -0.15) is 0 Å². The van der Waals surface area contributed by atoms with Crippen molar-refractivity contribution in [2.45, 2.75) is 6.92 Å². The summed E-state index contributed by atoms with van der Waals surface area (Å²) in [6, 6.07) is 14.0. The van der Waals surface area contributed by atoms with Gasteiger partial charge in [0.2, 0.25) is 10.0 Å².